The van der Waals surface area contributed by atoms with Gasteiger partial charge in [-0.1, -0.05) is 23.7 Å². The van der Waals surface area contributed by atoms with Crippen molar-refractivity contribution in [2.45, 2.75) is 6.61 Å². The van der Waals surface area contributed by atoms with Crippen molar-refractivity contribution in [2.75, 3.05) is 19.0 Å². The van der Waals surface area contributed by atoms with Gasteiger partial charge in [-0.25, -0.2) is 8.78 Å². The third-order valence-corrected chi connectivity index (χ3v) is 6.31. The van der Waals surface area contributed by atoms with Crippen molar-refractivity contribution in [3.05, 3.63) is 93.4 Å². The molecule has 1 fully saturated rings. The predicted molar refractivity (Wildman–Crippen MR) is 136 cm³/mol. The average molecular weight is 545 g/mol. The number of carbonyl (C=O) groups is 3. The van der Waals surface area contributed by atoms with Crippen LogP contribution >= 0.6 is 23.4 Å². The SMILES string of the molecule is COc1cc(/C=C2\SC(=O)N(CC(=O)Nc3ccc(F)cc3)C2=O)cc(Cl)c1OCc1cccc(F)c1. The lowest BCUT2D eigenvalue weighted by atomic mass is 10.1. The Morgan fingerprint density at radius 1 is 1.08 bits per heavy atom. The first-order valence-electron chi connectivity index (χ1n) is 10.8. The van der Waals surface area contributed by atoms with Crippen molar-refractivity contribution in [1.82, 2.24) is 4.90 Å². The molecule has 0 bridgehead atoms. The molecule has 1 aliphatic heterocycles. The van der Waals surface area contributed by atoms with Crippen molar-refractivity contribution >= 4 is 52.2 Å². The van der Waals surface area contributed by atoms with Gasteiger partial charge in [0, 0.05) is 5.69 Å². The quantitative estimate of drug-likeness (QED) is 0.356. The van der Waals surface area contributed by atoms with Gasteiger partial charge in [0.25, 0.3) is 11.1 Å². The molecule has 0 atom stereocenters. The molecule has 1 saturated heterocycles. The standard InChI is InChI=1S/C26H19ClF2N2O5S/c1-35-21-11-16(10-20(27)24(21)36-14-15-3-2-4-18(29)9-15)12-22-25(33)31(26(34)37-22)13-23(32)30-19-7-5-17(28)6-8-19/h2-12H,13-14H2,1H3,(H,30,32)/b22-12-. The molecule has 0 spiro atoms. The minimum absolute atomic E-state index is 0.0477. The van der Waals surface area contributed by atoms with Crippen molar-refractivity contribution in [2.24, 2.45) is 0 Å². The Labute approximate surface area is 220 Å². The molecule has 0 aromatic heterocycles. The van der Waals surface area contributed by atoms with E-state index >= 15 is 0 Å². The predicted octanol–water partition coefficient (Wildman–Crippen LogP) is 5.88. The summed E-state index contributed by atoms with van der Waals surface area (Å²) in [6.07, 6.45) is 1.45. The number of rotatable bonds is 8. The van der Waals surface area contributed by atoms with E-state index in [2.05, 4.69) is 5.32 Å². The van der Waals surface area contributed by atoms with Crippen molar-refractivity contribution < 1.29 is 32.6 Å². The number of nitrogens with one attached hydrogen (secondary N) is 1. The molecule has 190 valence electrons. The lowest BCUT2D eigenvalue weighted by molar-refractivity contribution is -0.127. The van der Waals surface area contributed by atoms with Crippen LogP contribution in [0.4, 0.5) is 19.3 Å². The Hall–Kier alpha value is -3.89. The Kier molecular flexibility index (Phi) is 8.10. The van der Waals surface area contributed by atoms with E-state index in [4.69, 9.17) is 21.1 Å². The Bertz CT molecular complexity index is 1400. The van der Waals surface area contributed by atoms with E-state index in [1.165, 1.54) is 55.7 Å². The van der Waals surface area contributed by atoms with Crippen LogP contribution in [0.2, 0.25) is 5.02 Å². The van der Waals surface area contributed by atoms with Gasteiger partial charge in [0.15, 0.2) is 11.5 Å². The molecular formula is C26H19ClF2N2O5S. The molecule has 1 aliphatic rings. The summed E-state index contributed by atoms with van der Waals surface area (Å²) in [5.41, 5.74) is 1.39. The first-order chi connectivity index (χ1) is 17.7. The normalized spacial score (nSPS) is 14.3. The molecule has 0 aliphatic carbocycles. The highest BCUT2D eigenvalue weighted by Gasteiger charge is 2.36. The monoisotopic (exact) mass is 544 g/mol. The average Bonchev–Trinajstić information content (AvgIpc) is 3.11. The lowest BCUT2D eigenvalue weighted by Crippen LogP contribution is -2.36. The van der Waals surface area contributed by atoms with E-state index in [0.29, 0.717) is 28.6 Å². The summed E-state index contributed by atoms with van der Waals surface area (Å²) in [4.78, 5) is 38.4. The Balaban J connectivity index is 1.46. The van der Waals surface area contributed by atoms with Gasteiger partial charge in [0.05, 0.1) is 17.0 Å². The number of imide groups is 1. The number of amides is 3. The number of carbonyl (C=O) groups excluding carboxylic acids is 3. The molecule has 3 aromatic rings. The zero-order valence-corrected chi connectivity index (χ0v) is 20.9. The third-order valence-electron chi connectivity index (χ3n) is 5.13. The molecule has 0 saturated carbocycles. The molecule has 7 nitrogen and oxygen atoms in total. The minimum Gasteiger partial charge on any atom is -0.493 e. The Morgan fingerprint density at radius 2 is 1.84 bits per heavy atom. The van der Waals surface area contributed by atoms with Crippen molar-refractivity contribution in [3.63, 3.8) is 0 Å². The summed E-state index contributed by atoms with van der Waals surface area (Å²) < 4.78 is 37.6. The minimum atomic E-state index is -0.647. The second-order valence-corrected chi connectivity index (χ2v) is 9.18. The summed E-state index contributed by atoms with van der Waals surface area (Å²) in [5.74, 6) is -1.61. The zero-order valence-electron chi connectivity index (χ0n) is 19.3. The third kappa shape index (κ3) is 6.46. The first kappa shape index (κ1) is 26.2. The van der Waals surface area contributed by atoms with Crippen molar-refractivity contribution in [1.29, 1.82) is 0 Å². The van der Waals surface area contributed by atoms with Crippen LogP contribution in [0.25, 0.3) is 6.08 Å². The largest absolute Gasteiger partial charge is 0.493 e. The van der Waals surface area contributed by atoms with E-state index in [9.17, 15) is 23.2 Å². The fourth-order valence-corrected chi connectivity index (χ4v) is 4.52. The van der Waals surface area contributed by atoms with E-state index < -0.39 is 35.2 Å². The van der Waals surface area contributed by atoms with Crippen LogP contribution in [0.1, 0.15) is 11.1 Å². The fourth-order valence-electron chi connectivity index (χ4n) is 3.41. The van der Waals surface area contributed by atoms with E-state index in [1.54, 1.807) is 18.2 Å². The Morgan fingerprint density at radius 3 is 2.54 bits per heavy atom. The molecular weight excluding hydrogens is 526 g/mol. The van der Waals surface area contributed by atoms with Crippen LogP contribution in [0.5, 0.6) is 11.5 Å². The fraction of sp³-hybridized carbons (Fsp3) is 0.115. The summed E-state index contributed by atoms with van der Waals surface area (Å²) in [6, 6.07) is 14.1. The smallest absolute Gasteiger partial charge is 0.294 e. The number of benzene rings is 3. The number of thioether (sulfide) groups is 1. The summed E-state index contributed by atoms with van der Waals surface area (Å²) in [7, 11) is 1.41. The maximum Gasteiger partial charge on any atom is 0.294 e. The van der Waals surface area contributed by atoms with Gasteiger partial charge in [0.1, 0.15) is 24.8 Å². The molecule has 37 heavy (non-hydrogen) atoms. The molecule has 3 aromatic carbocycles. The molecule has 11 heteroatoms. The number of halogens is 3. The van der Waals surface area contributed by atoms with E-state index in [-0.39, 0.29) is 28.0 Å². The maximum atomic E-state index is 13.4. The molecule has 4 rings (SSSR count). The van der Waals surface area contributed by atoms with Gasteiger partial charge in [-0.2, -0.15) is 0 Å². The van der Waals surface area contributed by atoms with Gasteiger partial charge in [-0.05, 0) is 77.5 Å². The number of ether oxygens (including phenoxy) is 2. The van der Waals surface area contributed by atoms with E-state index in [1.807, 2.05) is 0 Å². The second kappa shape index (κ2) is 11.4. The highest BCUT2D eigenvalue weighted by molar-refractivity contribution is 8.18. The number of nitrogens with zero attached hydrogens (tertiary/aromatic N) is 1. The topological polar surface area (TPSA) is 84.9 Å². The van der Waals surface area contributed by atoms with Gasteiger partial charge in [0.2, 0.25) is 5.91 Å². The van der Waals surface area contributed by atoms with Crippen LogP contribution in [-0.2, 0) is 16.2 Å². The maximum absolute atomic E-state index is 13.4. The van der Waals surface area contributed by atoms with Gasteiger partial charge < -0.3 is 14.8 Å². The van der Waals surface area contributed by atoms with Crippen LogP contribution in [-0.4, -0.2) is 35.6 Å². The summed E-state index contributed by atoms with van der Waals surface area (Å²) in [5, 5.41) is 2.08. The molecule has 0 radical (unpaired) electrons. The summed E-state index contributed by atoms with van der Waals surface area (Å²) in [6.45, 7) is -0.456. The highest BCUT2D eigenvalue weighted by Crippen LogP contribution is 2.39. The molecule has 3 amide bonds. The van der Waals surface area contributed by atoms with E-state index in [0.717, 1.165) is 4.90 Å². The summed E-state index contributed by atoms with van der Waals surface area (Å²) >= 11 is 7.07. The van der Waals surface area contributed by atoms with Gasteiger partial charge >= 0.3 is 0 Å². The number of methoxy groups -OCH3 is 1. The number of hydrogen-bond donors (Lipinski definition) is 1. The molecule has 1 heterocycles. The van der Waals surface area contributed by atoms with Crippen LogP contribution in [0, 0.1) is 11.6 Å². The van der Waals surface area contributed by atoms with Crippen LogP contribution in [0.15, 0.2) is 65.6 Å². The van der Waals surface area contributed by atoms with Gasteiger partial charge in [-0.15, -0.1) is 0 Å². The highest BCUT2D eigenvalue weighted by atomic mass is 35.5. The number of hydrogen-bond acceptors (Lipinski definition) is 6. The van der Waals surface area contributed by atoms with Crippen LogP contribution in [0.3, 0.4) is 0 Å². The first-order valence-corrected chi connectivity index (χ1v) is 12.0. The lowest BCUT2D eigenvalue weighted by Gasteiger charge is -2.14. The van der Waals surface area contributed by atoms with Gasteiger partial charge in [-0.3, -0.25) is 19.3 Å². The van der Waals surface area contributed by atoms with Crippen molar-refractivity contribution in [3.8, 4) is 11.5 Å². The number of anilines is 1. The second-order valence-electron chi connectivity index (χ2n) is 7.78. The zero-order chi connectivity index (χ0) is 26.5. The van der Waals surface area contributed by atoms with Crippen LogP contribution < -0.4 is 14.8 Å². The molecule has 0 unspecified atom stereocenters. The molecule has 1 N–H and O–H groups in total.